The fourth-order valence-corrected chi connectivity index (χ4v) is 1.02. The van der Waals surface area contributed by atoms with Crippen molar-refractivity contribution in [1.82, 2.24) is 9.25 Å². The van der Waals surface area contributed by atoms with Gasteiger partial charge in [0.2, 0.25) is 0 Å². The quantitative estimate of drug-likeness (QED) is 0.324. The van der Waals surface area contributed by atoms with E-state index in [2.05, 4.69) is 18.2 Å². The average Bonchev–Trinajstić information content (AvgIpc) is 1.87. The van der Waals surface area contributed by atoms with Gasteiger partial charge in [-0.15, -0.1) is 3.82 Å². The predicted molar refractivity (Wildman–Crippen MR) is 33.8 cm³/mol. The molecule has 0 bridgehead atoms. The van der Waals surface area contributed by atoms with E-state index in [9.17, 15) is 0 Å². The zero-order chi connectivity index (χ0) is 5.28. The van der Waals surface area contributed by atoms with E-state index >= 15 is 0 Å². The number of nitrogens with two attached hydrogens (primary N) is 1. The molecular weight excluding hydrogens is 130 g/mol. The van der Waals surface area contributed by atoms with E-state index in [1.807, 2.05) is 0 Å². The van der Waals surface area contributed by atoms with Gasteiger partial charge >= 0.3 is 0 Å². The Kier molecular flexibility index (Phi) is 1.36. The van der Waals surface area contributed by atoms with E-state index in [1.54, 1.807) is 6.20 Å². The lowest BCUT2D eigenvalue weighted by atomic mass is 10.9. The van der Waals surface area contributed by atoms with Crippen LogP contribution in [0.2, 0.25) is 0 Å². The van der Waals surface area contributed by atoms with Gasteiger partial charge in [0, 0.05) is 18.1 Å². The second-order valence-corrected chi connectivity index (χ2v) is 2.73. The summed E-state index contributed by atoms with van der Waals surface area (Å²) < 4.78 is 1.52. The molecule has 1 heterocycles. The van der Waals surface area contributed by atoms with Crippen molar-refractivity contribution in [2.24, 2.45) is 5.73 Å². The largest absolute Gasteiger partial charge is 0.391 e. The fraction of sp³-hybridized carbons (Fsp3) is 0. The molecule has 3 N–H and O–H groups in total. The lowest BCUT2D eigenvalue weighted by Gasteiger charge is -2.01. The summed E-state index contributed by atoms with van der Waals surface area (Å²) in [7, 11) is 0. The van der Waals surface area contributed by atoms with E-state index in [0.29, 0.717) is 0 Å². The number of thiol groups is 1. The van der Waals surface area contributed by atoms with Crippen molar-refractivity contribution in [3.63, 3.8) is 0 Å². The molecule has 0 aliphatic carbocycles. The maximum Gasteiger partial charge on any atom is 0.101 e. The highest BCUT2D eigenvalue weighted by molar-refractivity contribution is 8.08. The van der Waals surface area contributed by atoms with Gasteiger partial charge in [-0.2, -0.15) is 0 Å². The molecule has 1 aliphatic heterocycles. The van der Waals surface area contributed by atoms with E-state index in [0.717, 1.165) is 5.03 Å². The number of hydrazine groups is 1. The molecule has 5 heteroatoms. The number of hydrogen-bond acceptors (Lipinski definition) is 5. The monoisotopic (exact) mass is 135 g/mol. The molecule has 0 saturated heterocycles. The van der Waals surface area contributed by atoms with Gasteiger partial charge in [-0.1, -0.05) is 12.8 Å². The first-order valence-corrected chi connectivity index (χ1v) is 2.85. The van der Waals surface area contributed by atoms with Crippen molar-refractivity contribution in [2.75, 3.05) is 0 Å². The van der Waals surface area contributed by atoms with Gasteiger partial charge in [0.1, 0.15) is 5.03 Å². The molecule has 0 aromatic heterocycles. The molecule has 40 valence electrons. The lowest BCUT2D eigenvalue weighted by molar-refractivity contribution is 0.675. The van der Waals surface area contributed by atoms with Crippen molar-refractivity contribution in [3.05, 3.63) is 11.2 Å². The summed E-state index contributed by atoms with van der Waals surface area (Å²) in [5.74, 6) is 0. The molecular formula is C2H5N3S2. The fourth-order valence-electron chi connectivity index (χ4n) is 0.271. The Balaban J connectivity index is 2.42. The molecule has 3 nitrogen and oxygen atoms in total. The molecule has 1 rings (SSSR count). The SMILES string of the molecule is NC1=CNN(S)S1. The molecule has 0 atom stereocenters. The number of nitrogens with zero attached hydrogens (tertiary/aromatic N) is 1. The molecule has 1 aliphatic rings. The van der Waals surface area contributed by atoms with Crippen molar-refractivity contribution in [2.45, 2.75) is 0 Å². The van der Waals surface area contributed by atoms with Gasteiger partial charge < -0.3 is 11.2 Å². The van der Waals surface area contributed by atoms with E-state index in [-0.39, 0.29) is 0 Å². The Labute approximate surface area is 51.6 Å². The van der Waals surface area contributed by atoms with Gasteiger partial charge in [0.15, 0.2) is 0 Å². The van der Waals surface area contributed by atoms with Gasteiger partial charge in [0.05, 0.1) is 0 Å². The number of rotatable bonds is 0. The Morgan fingerprint density at radius 3 is 2.86 bits per heavy atom. The third-order valence-electron chi connectivity index (χ3n) is 0.509. The van der Waals surface area contributed by atoms with E-state index in [4.69, 9.17) is 5.73 Å². The second-order valence-electron chi connectivity index (χ2n) is 1.04. The normalized spacial score (nSPS) is 21.6. The summed E-state index contributed by atoms with van der Waals surface area (Å²) in [6.45, 7) is 0. The highest BCUT2D eigenvalue weighted by atomic mass is 32.2. The Hall–Kier alpha value is -0.000000000000000111. The third kappa shape index (κ3) is 1.19. The number of hydrogen-bond donors (Lipinski definition) is 3. The van der Waals surface area contributed by atoms with Crippen LogP contribution in [-0.4, -0.2) is 3.82 Å². The summed E-state index contributed by atoms with van der Waals surface area (Å²) in [6, 6.07) is 0. The molecule has 0 aromatic carbocycles. The molecule has 0 fully saturated rings. The maximum absolute atomic E-state index is 5.30. The van der Waals surface area contributed by atoms with Gasteiger partial charge in [0.25, 0.3) is 0 Å². The zero-order valence-corrected chi connectivity index (χ0v) is 5.17. The summed E-state index contributed by atoms with van der Waals surface area (Å²) in [5, 5.41) is 0.731. The highest BCUT2D eigenvalue weighted by Crippen LogP contribution is 2.20. The van der Waals surface area contributed by atoms with Gasteiger partial charge in [-0.3, -0.25) is 0 Å². The summed E-state index contributed by atoms with van der Waals surface area (Å²) >= 11 is 5.25. The Bertz CT molecular complexity index is 101. The second kappa shape index (κ2) is 1.85. The molecule has 0 saturated carbocycles. The first-order chi connectivity index (χ1) is 3.29. The summed E-state index contributed by atoms with van der Waals surface area (Å²) in [4.78, 5) is 0. The highest BCUT2D eigenvalue weighted by Gasteiger charge is 2.05. The van der Waals surface area contributed by atoms with Crippen LogP contribution >= 0.6 is 24.8 Å². The van der Waals surface area contributed by atoms with Crippen LogP contribution in [0.25, 0.3) is 0 Å². The van der Waals surface area contributed by atoms with Crippen LogP contribution in [0.5, 0.6) is 0 Å². The van der Waals surface area contributed by atoms with Crippen LogP contribution in [0.1, 0.15) is 0 Å². The minimum atomic E-state index is 0.731. The topological polar surface area (TPSA) is 41.3 Å². The molecule has 7 heavy (non-hydrogen) atoms. The van der Waals surface area contributed by atoms with E-state index in [1.165, 1.54) is 15.8 Å². The predicted octanol–water partition coefficient (Wildman–Crippen LogP) is 0.0572. The van der Waals surface area contributed by atoms with Crippen LogP contribution < -0.4 is 11.2 Å². The van der Waals surface area contributed by atoms with Crippen LogP contribution in [0.15, 0.2) is 11.2 Å². The molecule has 0 unspecified atom stereocenters. The Morgan fingerprint density at radius 2 is 2.71 bits per heavy atom. The summed E-state index contributed by atoms with van der Waals surface area (Å²) in [5.41, 5.74) is 8.04. The third-order valence-corrected chi connectivity index (χ3v) is 1.48. The first-order valence-electron chi connectivity index (χ1n) is 1.68. The van der Waals surface area contributed by atoms with Gasteiger partial charge in [-0.25, -0.2) is 0 Å². The van der Waals surface area contributed by atoms with Crippen LogP contribution in [0.3, 0.4) is 0 Å². The first kappa shape index (κ1) is 5.14. The average molecular weight is 135 g/mol. The van der Waals surface area contributed by atoms with Crippen LogP contribution in [0, 0.1) is 0 Å². The van der Waals surface area contributed by atoms with Crippen molar-refractivity contribution >= 4 is 24.8 Å². The van der Waals surface area contributed by atoms with Crippen molar-refractivity contribution in [3.8, 4) is 0 Å². The standard InChI is InChI=1S/C2H5N3S2/c3-2-1-4-5(6)7-2/h1,4,6H,3H2. The molecule has 0 amide bonds. The zero-order valence-electron chi connectivity index (χ0n) is 3.46. The summed E-state index contributed by atoms with van der Waals surface area (Å²) in [6.07, 6.45) is 1.68. The number of nitrogens with one attached hydrogen (secondary N) is 1. The smallest absolute Gasteiger partial charge is 0.101 e. The van der Waals surface area contributed by atoms with E-state index < -0.39 is 0 Å². The van der Waals surface area contributed by atoms with Crippen molar-refractivity contribution < 1.29 is 0 Å². The minimum Gasteiger partial charge on any atom is -0.391 e. The maximum atomic E-state index is 5.30. The molecule has 0 radical (unpaired) electrons. The molecule has 0 aromatic rings. The minimum absolute atomic E-state index is 0.731. The van der Waals surface area contributed by atoms with Crippen molar-refractivity contribution in [1.29, 1.82) is 0 Å². The van der Waals surface area contributed by atoms with Gasteiger partial charge in [-0.05, 0) is 0 Å². The Morgan fingerprint density at radius 1 is 2.00 bits per heavy atom. The lowest BCUT2D eigenvalue weighted by Crippen LogP contribution is -2.10. The molecule has 0 spiro atoms. The van der Waals surface area contributed by atoms with Crippen LogP contribution in [0.4, 0.5) is 0 Å². The van der Waals surface area contributed by atoms with Crippen LogP contribution in [-0.2, 0) is 0 Å².